The highest BCUT2D eigenvalue weighted by Crippen LogP contribution is 2.18. The number of Topliss-reactive ketones (excluding diaryl/α,β-unsaturated/α-hetero) is 1. The van der Waals surface area contributed by atoms with E-state index < -0.39 is 4.92 Å². The first-order valence-electron chi connectivity index (χ1n) is 7.09. The van der Waals surface area contributed by atoms with Crippen LogP contribution in [0.25, 0.3) is 0 Å². The second-order valence-corrected chi connectivity index (χ2v) is 5.43. The van der Waals surface area contributed by atoms with Gasteiger partial charge in [0.15, 0.2) is 5.78 Å². The number of benzene rings is 1. The maximum atomic E-state index is 12.2. The van der Waals surface area contributed by atoms with Crippen LogP contribution in [0.4, 0.5) is 5.69 Å². The summed E-state index contributed by atoms with van der Waals surface area (Å²) in [4.78, 5) is 24.5. The Balaban J connectivity index is 1.92. The molecule has 0 spiro atoms. The number of nitro groups is 1. The summed E-state index contributed by atoms with van der Waals surface area (Å²) >= 11 is 0. The summed E-state index contributed by atoms with van der Waals surface area (Å²) in [5, 5.41) is 10.6. The number of ether oxygens (including phenoxy) is 1. The predicted molar refractivity (Wildman–Crippen MR) is 78.5 cm³/mol. The Kier molecular flexibility index (Phi) is 5.41. The lowest BCUT2D eigenvalue weighted by atomic mass is 9.98. The number of ketones is 1. The SMILES string of the molecule is COCC1CCCN(CC(=O)c2ccc([N+](=O)[O-])cc2)C1. The van der Waals surface area contributed by atoms with Crippen molar-refractivity contribution in [3.05, 3.63) is 39.9 Å². The number of rotatable bonds is 6. The topological polar surface area (TPSA) is 72.7 Å². The number of nitro benzene ring substituents is 1. The van der Waals surface area contributed by atoms with Crippen molar-refractivity contribution in [3.8, 4) is 0 Å². The summed E-state index contributed by atoms with van der Waals surface area (Å²) in [5.74, 6) is 0.483. The van der Waals surface area contributed by atoms with E-state index in [0.717, 1.165) is 32.5 Å². The van der Waals surface area contributed by atoms with E-state index in [1.807, 2.05) is 0 Å². The second-order valence-electron chi connectivity index (χ2n) is 5.43. The number of non-ortho nitro benzene ring substituents is 1. The fourth-order valence-electron chi connectivity index (χ4n) is 2.73. The lowest BCUT2D eigenvalue weighted by Crippen LogP contribution is -2.40. The van der Waals surface area contributed by atoms with Gasteiger partial charge in [-0.15, -0.1) is 0 Å². The van der Waals surface area contributed by atoms with Gasteiger partial charge in [0.1, 0.15) is 0 Å². The molecule has 6 nitrogen and oxygen atoms in total. The quantitative estimate of drug-likeness (QED) is 0.456. The number of hydrogen-bond donors (Lipinski definition) is 0. The molecule has 0 bridgehead atoms. The lowest BCUT2D eigenvalue weighted by Gasteiger charge is -2.31. The maximum Gasteiger partial charge on any atom is 0.269 e. The monoisotopic (exact) mass is 292 g/mol. The zero-order valence-electron chi connectivity index (χ0n) is 12.2. The van der Waals surface area contributed by atoms with Crippen LogP contribution in [0.15, 0.2) is 24.3 Å². The highest BCUT2D eigenvalue weighted by atomic mass is 16.6. The molecule has 1 heterocycles. The minimum Gasteiger partial charge on any atom is -0.384 e. The predicted octanol–water partition coefficient (Wildman–Crippen LogP) is 2.14. The third-order valence-electron chi connectivity index (χ3n) is 3.77. The highest BCUT2D eigenvalue weighted by Gasteiger charge is 2.22. The molecule has 1 aliphatic rings. The van der Waals surface area contributed by atoms with Gasteiger partial charge in [0.05, 0.1) is 18.1 Å². The molecule has 1 aliphatic heterocycles. The van der Waals surface area contributed by atoms with Crippen LogP contribution >= 0.6 is 0 Å². The van der Waals surface area contributed by atoms with Gasteiger partial charge < -0.3 is 4.74 Å². The molecule has 0 saturated carbocycles. The number of likely N-dealkylation sites (tertiary alicyclic amines) is 1. The molecule has 1 atom stereocenters. The minimum absolute atomic E-state index is 0.00275. The molecule has 1 fully saturated rings. The van der Waals surface area contributed by atoms with Gasteiger partial charge in [-0.2, -0.15) is 0 Å². The molecule has 21 heavy (non-hydrogen) atoms. The molecule has 0 aliphatic carbocycles. The van der Waals surface area contributed by atoms with E-state index in [9.17, 15) is 14.9 Å². The summed E-state index contributed by atoms with van der Waals surface area (Å²) < 4.78 is 5.18. The molecular formula is C15H20N2O4. The van der Waals surface area contributed by atoms with Crippen LogP contribution in [-0.2, 0) is 4.74 Å². The van der Waals surface area contributed by atoms with Crippen LogP contribution in [-0.4, -0.2) is 49.0 Å². The number of piperidine rings is 1. The Bertz CT molecular complexity index is 499. The fraction of sp³-hybridized carbons (Fsp3) is 0.533. The van der Waals surface area contributed by atoms with Crippen molar-refractivity contribution in [2.24, 2.45) is 5.92 Å². The molecule has 0 radical (unpaired) electrons. The molecule has 114 valence electrons. The smallest absolute Gasteiger partial charge is 0.269 e. The zero-order chi connectivity index (χ0) is 15.2. The third kappa shape index (κ3) is 4.34. The van der Waals surface area contributed by atoms with Gasteiger partial charge in [-0.25, -0.2) is 0 Å². The van der Waals surface area contributed by atoms with Crippen molar-refractivity contribution >= 4 is 11.5 Å². The summed E-state index contributed by atoms with van der Waals surface area (Å²) in [6, 6.07) is 5.79. The van der Waals surface area contributed by atoms with E-state index in [-0.39, 0.29) is 11.5 Å². The molecule has 1 saturated heterocycles. The number of hydrogen-bond acceptors (Lipinski definition) is 5. The van der Waals surface area contributed by atoms with Crippen molar-refractivity contribution in [1.82, 2.24) is 4.90 Å². The van der Waals surface area contributed by atoms with Crippen molar-refractivity contribution in [2.75, 3.05) is 33.4 Å². The largest absolute Gasteiger partial charge is 0.384 e. The second kappa shape index (κ2) is 7.28. The van der Waals surface area contributed by atoms with Gasteiger partial charge in [0.2, 0.25) is 0 Å². The van der Waals surface area contributed by atoms with Crippen LogP contribution in [0.3, 0.4) is 0 Å². The van der Waals surface area contributed by atoms with Crippen LogP contribution in [0.1, 0.15) is 23.2 Å². The van der Waals surface area contributed by atoms with Crippen LogP contribution in [0.5, 0.6) is 0 Å². The standard InChI is InChI=1S/C15H20N2O4/c1-21-11-12-3-2-8-16(9-12)10-15(18)13-4-6-14(7-5-13)17(19)20/h4-7,12H,2-3,8-11H2,1H3. The first-order valence-corrected chi connectivity index (χ1v) is 7.09. The molecule has 0 amide bonds. The van der Waals surface area contributed by atoms with Crippen molar-refractivity contribution in [2.45, 2.75) is 12.8 Å². The maximum absolute atomic E-state index is 12.2. The van der Waals surface area contributed by atoms with E-state index in [1.54, 1.807) is 7.11 Å². The normalized spacial score (nSPS) is 19.4. The van der Waals surface area contributed by atoms with Crippen LogP contribution in [0, 0.1) is 16.0 Å². The Labute approximate surface area is 123 Å². The summed E-state index contributed by atoms with van der Waals surface area (Å²) in [5.41, 5.74) is 0.527. The van der Waals surface area contributed by atoms with Crippen molar-refractivity contribution in [3.63, 3.8) is 0 Å². The van der Waals surface area contributed by atoms with Gasteiger partial charge in [-0.05, 0) is 37.4 Å². The van der Waals surface area contributed by atoms with Gasteiger partial charge in [0.25, 0.3) is 5.69 Å². The Morgan fingerprint density at radius 2 is 2.14 bits per heavy atom. The Morgan fingerprint density at radius 3 is 2.76 bits per heavy atom. The molecule has 0 aromatic heterocycles. The average Bonchev–Trinajstić information content (AvgIpc) is 2.48. The summed E-state index contributed by atoms with van der Waals surface area (Å²) in [7, 11) is 1.70. The number of methoxy groups -OCH3 is 1. The molecule has 2 rings (SSSR count). The molecule has 1 unspecified atom stereocenters. The number of carbonyl (C=O) groups excluding carboxylic acids is 1. The van der Waals surface area contributed by atoms with Gasteiger partial charge >= 0.3 is 0 Å². The first kappa shape index (κ1) is 15.6. The van der Waals surface area contributed by atoms with E-state index in [2.05, 4.69) is 4.90 Å². The summed E-state index contributed by atoms with van der Waals surface area (Å²) in [6.45, 7) is 2.87. The van der Waals surface area contributed by atoms with E-state index in [1.165, 1.54) is 24.3 Å². The molecule has 6 heteroatoms. The molecule has 1 aromatic carbocycles. The lowest BCUT2D eigenvalue weighted by molar-refractivity contribution is -0.384. The van der Waals surface area contributed by atoms with E-state index >= 15 is 0 Å². The highest BCUT2D eigenvalue weighted by molar-refractivity contribution is 5.97. The van der Waals surface area contributed by atoms with Crippen LogP contribution < -0.4 is 0 Å². The van der Waals surface area contributed by atoms with Crippen molar-refractivity contribution < 1.29 is 14.5 Å². The Morgan fingerprint density at radius 1 is 1.43 bits per heavy atom. The van der Waals surface area contributed by atoms with Gasteiger partial charge in [0, 0.05) is 31.4 Å². The zero-order valence-corrected chi connectivity index (χ0v) is 12.2. The Hall–Kier alpha value is -1.79. The first-order chi connectivity index (χ1) is 10.1. The molecule has 0 N–H and O–H groups in total. The van der Waals surface area contributed by atoms with Gasteiger partial charge in [-0.1, -0.05) is 0 Å². The van der Waals surface area contributed by atoms with Crippen molar-refractivity contribution in [1.29, 1.82) is 0 Å². The van der Waals surface area contributed by atoms with Gasteiger partial charge in [-0.3, -0.25) is 19.8 Å². The van der Waals surface area contributed by atoms with E-state index in [4.69, 9.17) is 4.74 Å². The molecule has 1 aromatic rings. The third-order valence-corrected chi connectivity index (χ3v) is 3.77. The van der Waals surface area contributed by atoms with E-state index in [0.29, 0.717) is 18.0 Å². The number of carbonyl (C=O) groups is 1. The summed E-state index contributed by atoms with van der Waals surface area (Å²) in [6.07, 6.45) is 2.21. The minimum atomic E-state index is -0.464. The fourth-order valence-corrected chi connectivity index (χ4v) is 2.73. The number of nitrogens with zero attached hydrogens (tertiary/aromatic N) is 2. The molecular weight excluding hydrogens is 272 g/mol. The average molecular weight is 292 g/mol. The van der Waals surface area contributed by atoms with Crippen LogP contribution in [0.2, 0.25) is 0 Å².